The zero-order valence-corrected chi connectivity index (χ0v) is 12.7. The maximum Gasteiger partial charge on any atom is 0.257 e. The van der Waals surface area contributed by atoms with Gasteiger partial charge in [-0.2, -0.15) is 0 Å². The van der Waals surface area contributed by atoms with Crippen LogP contribution in [0.1, 0.15) is 15.9 Å². The Morgan fingerprint density at radius 3 is 2.48 bits per heavy atom. The summed E-state index contributed by atoms with van der Waals surface area (Å²) in [5.41, 5.74) is 5.74. The van der Waals surface area contributed by atoms with Gasteiger partial charge in [-0.3, -0.25) is 9.59 Å². The van der Waals surface area contributed by atoms with E-state index in [0.29, 0.717) is 5.56 Å². The molecule has 0 saturated heterocycles. The Morgan fingerprint density at radius 1 is 1.13 bits per heavy atom. The van der Waals surface area contributed by atoms with E-state index >= 15 is 0 Å². The lowest BCUT2D eigenvalue weighted by molar-refractivity contribution is -0.119. The predicted octanol–water partition coefficient (Wildman–Crippen LogP) is 1.96. The van der Waals surface area contributed by atoms with Crippen LogP contribution in [0.25, 0.3) is 0 Å². The van der Waals surface area contributed by atoms with Crippen LogP contribution < -0.4 is 10.5 Å². The van der Waals surface area contributed by atoms with Crippen molar-refractivity contribution in [1.29, 1.82) is 0 Å². The third-order valence-corrected chi connectivity index (χ3v) is 3.20. The van der Waals surface area contributed by atoms with Crippen LogP contribution >= 0.6 is 0 Å². The van der Waals surface area contributed by atoms with Crippen LogP contribution in [0.2, 0.25) is 0 Å². The van der Waals surface area contributed by atoms with Crippen molar-refractivity contribution in [2.75, 3.05) is 13.7 Å². The third kappa shape index (κ3) is 4.29. The molecule has 0 bridgehead atoms. The topological polar surface area (TPSA) is 72.6 Å². The molecule has 0 heterocycles. The summed E-state index contributed by atoms with van der Waals surface area (Å²) in [5.74, 6) is -1.08. The van der Waals surface area contributed by atoms with Crippen molar-refractivity contribution < 1.29 is 18.7 Å². The highest BCUT2D eigenvalue weighted by molar-refractivity contribution is 5.96. The molecule has 120 valence electrons. The second-order valence-corrected chi connectivity index (χ2v) is 5.00. The van der Waals surface area contributed by atoms with E-state index in [9.17, 15) is 14.0 Å². The normalized spacial score (nSPS) is 10.2. The highest BCUT2D eigenvalue weighted by atomic mass is 19.1. The molecule has 0 spiro atoms. The highest BCUT2D eigenvalue weighted by Gasteiger charge is 2.18. The Kier molecular flexibility index (Phi) is 5.30. The SMILES string of the molecule is CN(Cc1ccccc1F)C(=O)c1ccccc1OCC(N)=O. The molecule has 23 heavy (non-hydrogen) atoms. The van der Waals surface area contributed by atoms with E-state index in [0.717, 1.165) is 0 Å². The van der Waals surface area contributed by atoms with Gasteiger partial charge < -0.3 is 15.4 Å². The Hall–Kier alpha value is -2.89. The molecule has 2 N–H and O–H groups in total. The summed E-state index contributed by atoms with van der Waals surface area (Å²) >= 11 is 0. The largest absolute Gasteiger partial charge is 0.483 e. The first-order valence-corrected chi connectivity index (χ1v) is 6.98. The number of rotatable bonds is 6. The summed E-state index contributed by atoms with van der Waals surface area (Å²) < 4.78 is 18.9. The number of nitrogens with zero attached hydrogens (tertiary/aromatic N) is 1. The fraction of sp³-hybridized carbons (Fsp3) is 0.176. The van der Waals surface area contributed by atoms with Crippen molar-refractivity contribution in [2.45, 2.75) is 6.54 Å². The van der Waals surface area contributed by atoms with E-state index in [4.69, 9.17) is 10.5 Å². The number of primary amides is 1. The summed E-state index contributed by atoms with van der Waals surface area (Å²) in [4.78, 5) is 24.7. The van der Waals surface area contributed by atoms with Gasteiger partial charge in [0.15, 0.2) is 6.61 Å². The average molecular weight is 316 g/mol. The quantitative estimate of drug-likeness (QED) is 0.885. The van der Waals surface area contributed by atoms with Crippen LogP contribution in [0.15, 0.2) is 48.5 Å². The van der Waals surface area contributed by atoms with Crippen LogP contribution in [0.5, 0.6) is 5.75 Å². The van der Waals surface area contributed by atoms with Crippen molar-refractivity contribution in [1.82, 2.24) is 4.90 Å². The van der Waals surface area contributed by atoms with E-state index < -0.39 is 5.91 Å². The summed E-state index contributed by atoms with van der Waals surface area (Å²) in [6.07, 6.45) is 0. The third-order valence-electron chi connectivity index (χ3n) is 3.20. The highest BCUT2D eigenvalue weighted by Crippen LogP contribution is 2.20. The van der Waals surface area contributed by atoms with Crippen molar-refractivity contribution in [3.63, 3.8) is 0 Å². The van der Waals surface area contributed by atoms with E-state index in [1.807, 2.05) is 0 Å². The van der Waals surface area contributed by atoms with Crippen LogP contribution in [-0.4, -0.2) is 30.4 Å². The number of amides is 2. The van der Waals surface area contributed by atoms with E-state index in [1.165, 1.54) is 11.0 Å². The zero-order valence-electron chi connectivity index (χ0n) is 12.7. The average Bonchev–Trinajstić information content (AvgIpc) is 2.54. The van der Waals surface area contributed by atoms with Gasteiger partial charge in [0, 0.05) is 19.2 Å². The van der Waals surface area contributed by atoms with Crippen molar-refractivity contribution in [3.05, 3.63) is 65.5 Å². The van der Waals surface area contributed by atoms with Crippen molar-refractivity contribution in [2.24, 2.45) is 5.73 Å². The van der Waals surface area contributed by atoms with Crippen LogP contribution in [0, 0.1) is 5.82 Å². The molecule has 0 aliphatic carbocycles. The lowest BCUT2D eigenvalue weighted by Gasteiger charge is -2.19. The number of para-hydroxylation sites is 1. The molecule has 5 nitrogen and oxygen atoms in total. The Bertz CT molecular complexity index is 718. The van der Waals surface area contributed by atoms with Gasteiger partial charge in [0.1, 0.15) is 11.6 Å². The minimum atomic E-state index is -0.632. The number of nitrogens with two attached hydrogens (primary N) is 1. The molecule has 2 aromatic carbocycles. The number of carbonyl (C=O) groups is 2. The molecule has 0 radical (unpaired) electrons. The van der Waals surface area contributed by atoms with Gasteiger partial charge in [0.05, 0.1) is 5.56 Å². The van der Waals surface area contributed by atoms with Gasteiger partial charge in [-0.1, -0.05) is 30.3 Å². The molecule has 0 aliphatic rings. The molecule has 0 aliphatic heterocycles. The number of hydrogen-bond donors (Lipinski definition) is 1. The van der Waals surface area contributed by atoms with Crippen LogP contribution in [0.3, 0.4) is 0 Å². The first-order valence-electron chi connectivity index (χ1n) is 6.98. The zero-order chi connectivity index (χ0) is 16.8. The van der Waals surface area contributed by atoms with Crippen LogP contribution in [-0.2, 0) is 11.3 Å². The number of ether oxygens (including phenoxy) is 1. The van der Waals surface area contributed by atoms with E-state index in [-0.39, 0.29) is 36.2 Å². The molecule has 2 rings (SSSR count). The second kappa shape index (κ2) is 7.40. The molecular formula is C17H17FN2O3. The summed E-state index contributed by atoms with van der Waals surface area (Å²) in [5, 5.41) is 0. The summed E-state index contributed by atoms with van der Waals surface area (Å²) in [6, 6.07) is 12.8. The molecule has 2 amide bonds. The first-order chi connectivity index (χ1) is 11.0. The Balaban J connectivity index is 2.16. The molecule has 0 unspecified atom stereocenters. The molecule has 0 fully saturated rings. The van der Waals surface area contributed by atoms with Gasteiger partial charge in [0.25, 0.3) is 11.8 Å². The fourth-order valence-electron chi connectivity index (χ4n) is 2.08. The minimum absolute atomic E-state index is 0.121. The van der Waals surface area contributed by atoms with E-state index in [1.54, 1.807) is 49.5 Å². The van der Waals surface area contributed by atoms with Crippen LogP contribution in [0.4, 0.5) is 4.39 Å². The minimum Gasteiger partial charge on any atom is -0.483 e. The molecule has 0 saturated carbocycles. The van der Waals surface area contributed by atoms with Crippen molar-refractivity contribution in [3.8, 4) is 5.75 Å². The van der Waals surface area contributed by atoms with Gasteiger partial charge in [0.2, 0.25) is 0 Å². The van der Waals surface area contributed by atoms with Crippen molar-refractivity contribution >= 4 is 11.8 Å². The Morgan fingerprint density at radius 2 is 1.78 bits per heavy atom. The standard InChI is InChI=1S/C17H17FN2O3/c1-20(10-12-6-2-4-8-14(12)18)17(22)13-7-3-5-9-15(13)23-11-16(19)21/h2-9H,10-11H2,1H3,(H2,19,21). The van der Waals surface area contributed by atoms with Gasteiger partial charge >= 0.3 is 0 Å². The smallest absolute Gasteiger partial charge is 0.257 e. The van der Waals surface area contributed by atoms with Gasteiger partial charge in [-0.05, 0) is 18.2 Å². The molecule has 2 aromatic rings. The maximum absolute atomic E-state index is 13.7. The lowest BCUT2D eigenvalue weighted by atomic mass is 10.1. The number of halogens is 1. The molecule has 0 atom stereocenters. The number of hydrogen-bond acceptors (Lipinski definition) is 3. The number of carbonyl (C=O) groups excluding carboxylic acids is 2. The molecule has 6 heteroatoms. The Labute approximate surface area is 133 Å². The first kappa shape index (κ1) is 16.5. The maximum atomic E-state index is 13.7. The fourth-order valence-corrected chi connectivity index (χ4v) is 2.08. The predicted molar refractivity (Wildman–Crippen MR) is 83.3 cm³/mol. The monoisotopic (exact) mass is 316 g/mol. The summed E-state index contributed by atoms with van der Waals surface area (Å²) in [6.45, 7) is -0.197. The van der Waals surface area contributed by atoms with E-state index in [2.05, 4.69) is 0 Å². The molecule has 0 aromatic heterocycles. The number of benzene rings is 2. The van der Waals surface area contributed by atoms with Gasteiger partial charge in [-0.15, -0.1) is 0 Å². The second-order valence-electron chi connectivity index (χ2n) is 5.00. The lowest BCUT2D eigenvalue weighted by Crippen LogP contribution is -2.28. The molecular weight excluding hydrogens is 299 g/mol. The summed E-state index contributed by atoms with van der Waals surface area (Å²) in [7, 11) is 1.57. The van der Waals surface area contributed by atoms with Gasteiger partial charge in [-0.25, -0.2) is 4.39 Å².